The van der Waals surface area contributed by atoms with Crippen molar-refractivity contribution in [2.24, 2.45) is 5.92 Å². The standard InChI is InChI=1S/C17H16F3N3O3/c18-17(19,20)14-13(16(25)26)9-21-23(14)12-7-3-6-11(8-12)22-15(24)10-4-1-2-5-10/h3,6-10H,1-2,4-5H2,(H,22,24)(H,25,26). The van der Waals surface area contributed by atoms with Gasteiger partial charge in [0.25, 0.3) is 0 Å². The van der Waals surface area contributed by atoms with E-state index in [1.54, 1.807) is 6.07 Å². The second-order valence-corrected chi connectivity index (χ2v) is 6.14. The fourth-order valence-electron chi connectivity index (χ4n) is 3.12. The Hall–Kier alpha value is -2.84. The van der Waals surface area contributed by atoms with Crippen LogP contribution in [0.2, 0.25) is 0 Å². The molecule has 1 aliphatic carbocycles. The molecule has 2 aromatic rings. The van der Waals surface area contributed by atoms with Gasteiger partial charge in [0.15, 0.2) is 5.69 Å². The second-order valence-electron chi connectivity index (χ2n) is 6.14. The third-order valence-corrected chi connectivity index (χ3v) is 4.35. The highest BCUT2D eigenvalue weighted by molar-refractivity contribution is 5.93. The number of rotatable bonds is 4. The zero-order chi connectivity index (χ0) is 18.9. The van der Waals surface area contributed by atoms with Gasteiger partial charge in [0.05, 0.1) is 11.9 Å². The van der Waals surface area contributed by atoms with Gasteiger partial charge in [-0.2, -0.15) is 18.3 Å². The number of benzene rings is 1. The Bertz CT molecular complexity index is 839. The summed E-state index contributed by atoms with van der Waals surface area (Å²) in [5.74, 6) is -1.97. The molecular weight excluding hydrogens is 351 g/mol. The molecule has 1 saturated carbocycles. The van der Waals surface area contributed by atoms with Crippen LogP contribution in [0.15, 0.2) is 30.5 Å². The molecule has 1 fully saturated rings. The number of carboxylic acids is 1. The molecule has 26 heavy (non-hydrogen) atoms. The van der Waals surface area contributed by atoms with Crippen LogP contribution < -0.4 is 5.32 Å². The molecule has 0 unspecified atom stereocenters. The van der Waals surface area contributed by atoms with Crippen molar-refractivity contribution in [1.29, 1.82) is 0 Å². The topological polar surface area (TPSA) is 84.2 Å². The number of aromatic carboxylic acids is 1. The summed E-state index contributed by atoms with van der Waals surface area (Å²) in [4.78, 5) is 23.3. The first kappa shape index (κ1) is 18.0. The highest BCUT2D eigenvalue weighted by atomic mass is 19.4. The van der Waals surface area contributed by atoms with E-state index in [1.807, 2.05) is 0 Å². The van der Waals surface area contributed by atoms with Gasteiger partial charge in [-0.05, 0) is 31.0 Å². The van der Waals surface area contributed by atoms with E-state index in [1.165, 1.54) is 18.2 Å². The number of aromatic nitrogens is 2. The quantitative estimate of drug-likeness (QED) is 0.863. The van der Waals surface area contributed by atoms with Crippen LogP contribution in [0, 0.1) is 5.92 Å². The summed E-state index contributed by atoms with van der Waals surface area (Å²) in [5, 5.41) is 15.3. The van der Waals surface area contributed by atoms with Crippen molar-refractivity contribution >= 4 is 17.6 Å². The normalized spacial score (nSPS) is 15.2. The molecule has 0 atom stereocenters. The van der Waals surface area contributed by atoms with Crippen LogP contribution in [-0.2, 0) is 11.0 Å². The van der Waals surface area contributed by atoms with E-state index in [2.05, 4.69) is 10.4 Å². The second kappa shape index (κ2) is 6.81. The maximum absolute atomic E-state index is 13.3. The third kappa shape index (κ3) is 3.56. The average molecular weight is 367 g/mol. The van der Waals surface area contributed by atoms with Crippen molar-refractivity contribution in [3.05, 3.63) is 41.7 Å². The number of carbonyl (C=O) groups is 2. The maximum Gasteiger partial charge on any atom is 0.434 e. The largest absolute Gasteiger partial charge is 0.478 e. The highest BCUT2D eigenvalue weighted by Gasteiger charge is 2.40. The van der Waals surface area contributed by atoms with Crippen molar-refractivity contribution < 1.29 is 27.9 Å². The Morgan fingerprint density at radius 1 is 1.23 bits per heavy atom. The van der Waals surface area contributed by atoms with Crippen molar-refractivity contribution in [3.8, 4) is 5.69 Å². The van der Waals surface area contributed by atoms with Crippen LogP contribution >= 0.6 is 0 Å². The molecule has 0 spiro atoms. The Balaban J connectivity index is 1.93. The minimum absolute atomic E-state index is 0.00838. The summed E-state index contributed by atoms with van der Waals surface area (Å²) < 4.78 is 40.5. The van der Waals surface area contributed by atoms with Gasteiger partial charge >= 0.3 is 12.1 Å². The Kier molecular flexibility index (Phi) is 4.71. The lowest BCUT2D eigenvalue weighted by Crippen LogP contribution is -2.20. The van der Waals surface area contributed by atoms with Gasteiger partial charge in [-0.15, -0.1) is 0 Å². The van der Waals surface area contributed by atoms with Crippen LogP contribution in [0.3, 0.4) is 0 Å². The average Bonchev–Trinajstić information content (AvgIpc) is 3.24. The van der Waals surface area contributed by atoms with Gasteiger partial charge in [-0.25, -0.2) is 9.48 Å². The predicted molar refractivity (Wildman–Crippen MR) is 86.1 cm³/mol. The summed E-state index contributed by atoms with van der Waals surface area (Å²) in [6.07, 6.45) is -0.672. The van der Waals surface area contributed by atoms with Gasteiger partial charge in [-0.1, -0.05) is 18.9 Å². The van der Waals surface area contributed by atoms with Gasteiger partial charge in [0.1, 0.15) is 5.56 Å². The first-order valence-corrected chi connectivity index (χ1v) is 8.07. The number of nitrogens with zero attached hydrogens (tertiary/aromatic N) is 2. The highest BCUT2D eigenvalue weighted by Crippen LogP contribution is 2.34. The smallest absolute Gasteiger partial charge is 0.434 e. The van der Waals surface area contributed by atoms with Crippen molar-refractivity contribution in [1.82, 2.24) is 9.78 Å². The van der Waals surface area contributed by atoms with E-state index in [0.717, 1.165) is 25.7 Å². The zero-order valence-corrected chi connectivity index (χ0v) is 13.6. The minimum atomic E-state index is -4.90. The number of carboxylic acid groups (broad SMARTS) is 1. The van der Waals surface area contributed by atoms with Crippen LogP contribution in [0.25, 0.3) is 5.69 Å². The maximum atomic E-state index is 13.3. The van der Waals surface area contributed by atoms with Crippen LogP contribution in [0.4, 0.5) is 18.9 Å². The molecule has 3 rings (SSSR count). The van der Waals surface area contributed by atoms with E-state index in [9.17, 15) is 22.8 Å². The van der Waals surface area contributed by atoms with Crippen molar-refractivity contribution in [2.45, 2.75) is 31.9 Å². The monoisotopic (exact) mass is 367 g/mol. The zero-order valence-electron chi connectivity index (χ0n) is 13.6. The molecule has 1 aromatic heterocycles. The van der Waals surface area contributed by atoms with Crippen LogP contribution in [0.5, 0.6) is 0 Å². The summed E-state index contributed by atoms with van der Waals surface area (Å²) in [6.45, 7) is 0. The van der Waals surface area contributed by atoms with Gasteiger partial charge in [-0.3, -0.25) is 4.79 Å². The lowest BCUT2D eigenvalue weighted by molar-refractivity contribution is -0.143. The van der Waals surface area contributed by atoms with E-state index in [0.29, 0.717) is 16.6 Å². The third-order valence-electron chi connectivity index (χ3n) is 4.35. The van der Waals surface area contributed by atoms with Crippen LogP contribution in [0.1, 0.15) is 41.7 Å². The first-order valence-electron chi connectivity index (χ1n) is 8.07. The summed E-state index contributed by atoms with van der Waals surface area (Å²) in [5.41, 5.74) is -1.96. The van der Waals surface area contributed by atoms with Crippen molar-refractivity contribution in [3.63, 3.8) is 0 Å². The number of nitrogens with one attached hydrogen (secondary N) is 1. The number of hydrogen-bond acceptors (Lipinski definition) is 3. The molecular formula is C17H16F3N3O3. The minimum Gasteiger partial charge on any atom is -0.478 e. The molecule has 6 nitrogen and oxygen atoms in total. The number of hydrogen-bond donors (Lipinski definition) is 2. The predicted octanol–water partition coefficient (Wildman–Crippen LogP) is 3.72. The van der Waals surface area contributed by atoms with Gasteiger partial charge < -0.3 is 10.4 Å². The fourth-order valence-corrected chi connectivity index (χ4v) is 3.12. The van der Waals surface area contributed by atoms with E-state index < -0.39 is 23.4 Å². The molecule has 1 heterocycles. The SMILES string of the molecule is O=C(O)c1cnn(-c2cccc(NC(=O)C3CCCC3)c2)c1C(F)(F)F. The number of anilines is 1. The first-order chi connectivity index (χ1) is 12.3. The Labute approximate surface area is 146 Å². The Morgan fingerprint density at radius 3 is 2.54 bits per heavy atom. The Morgan fingerprint density at radius 2 is 1.92 bits per heavy atom. The lowest BCUT2D eigenvalue weighted by atomic mass is 10.1. The molecule has 0 radical (unpaired) electrons. The van der Waals surface area contributed by atoms with Crippen LogP contribution in [-0.4, -0.2) is 26.8 Å². The molecule has 1 aromatic carbocycles. The summed E-state index contributed by atoms with van der Waals surface area (Å²) in [6, 6.07) is 5.73. The molecule has 9 heteroatoms. The van der Waals surface area contributed by atoms with Crippen molar-refractivity contribution in [2.75, 3.05) is 5.32 Å². The number of carbonyl (C=O) groups excluding carboxylic acids is 1. The van der Waals surface area contributed by atoms with Gasteiger partial charge in [0.2, 0.25) is 5.91 Å². The molecule has 2 N–H and O–H groups in total. The molecule has 0 bridgehead atoms. The molecule has 0 aliphatic heterocycles. The molecule has 1 aliphatic rings. The number of halogens is 3. The molecule has 1 amide bonds. The lowest BCUT2D eigenvalue weighted by Gasteiger charge is -2.14. The molecule has 138 valence electrons. The summed E-state index contributed by atoms with van der Waals surface area (Å²) >= 11 is 0. The van der Waals surface area contributed by atoms with E-state index in [4.69, 9.17) is 5.11 Å². The van der Waals surface area contributed by atoms with E-state index in [-0.39, 0.29) is 17.5 Å². The van der Waals surface area contributed by atoms with E-state index >= 15 is 0 Å². The molecule has 0 saturated heterocycles. The van der Waals surface area contributed by atoms with Gasteiger partial charge in [0, 0.05) is 11.6 Å². The summed E-state index contributed by atoms with van der Waals surface area (Å²) in [7, 11) is 0. The number of alkyl halides is 3. The number of amides is 1. The fraction of sp³-hybridized carbons (Fsp3) is 0.353.